The Morgan fingerprint density at radius 1 is 0.303 bits per heavy atom. The van der Waals surface area contributed by atoms with Crippen molar-refractivity contribution in [1.82, 2.24) is 8.61 Å². The molecular weight excluding hydrogens is 861 g/mol. The number of hydrogen-bond acceptors (Lipinski definition) is 8. The van der Waals surface area contributed by atoms with E-state index in [2.05, 4.69) is 31.2 Å². The molecule has 0 aliphatic carbocycles. The van der Waals surface area contributed by atoms with Crippen LogP contribution in [0.2, 0.25) is 0 Å². The number of hydrogen-bond donors (Lipinski definition) is 0. The summed E-state index contributed by atoms with van der Waals surface area (Å²) in [6, 6.07) is 8.89. The fourth-order valence-electron chi connectivity index (χ4n) is 9.00. The first-order valence-electron chi connectivity index (χ1n) is 27.7. The lowest BCUT2D eigenvalue weighted by molar-refractivity contribution is 0.367. The van der Waals surface area contributed by atoms with Crippen LogP contribution in [0.3, 0.4) is 0 Å². The van der Waals surface area contributed by atoms with E-state index in [1.807, 2.05) is 0 Å². The molecule has 66 heavy (non-hydrogen) atoms. The third-order valence-corrected chi connectivity index (χ3v) is 18.6. The molecule has 0 radical (unpaired) electrons. The number of unbranched alkanes of at least 4 members (excludes halogenated alkanes) is 38. The normalized spacial score (nSPS) is 11.9. The maximum atomic E-state index is 15.1. The largest absolute Gasteiger partial charge is 0.232 e. The molecule has 10 nitrogen and oxygen atoms in total. The molecule has 0 fully saturated rings. The predicted molar refractivity (Wildman–Crippen MR) is 276 cm³/mol. The van der Waals surface area contributed by atoms with Crippen molar-refractivity contribution in [2.24, 2.45) is 0 Å². The van der Waals surface area contributed by atoms with E-state index in [1.165, 1.54) is 6.42 Å². The molecule has 382 valence electrons. The summed E-state index contributed by atoms with van der Waals surface area (Å²) in [6.07, 6.45) is 41.6. The van der Waals surface area contributed by atoms with Crippen molar-refractivity contribution in [1.29, 1.82) is 21.0 Å². The molecule has 0 bridgehead atoms. The van der Waals surface area contributed by atoms with Gasteiger partial charge in [-0.2, -0.15) is 21.0 Å². The van der Waals surface area contributed by atoms with E-state index in [0.717, 1.165) is 238 Å². The van der Waals surface area contributed by atoms with Gasteiger partial charge in [0.25, 0.3) is 0 Å². The summed E-state index contributed by atoms with van der Waals surface area (Å²) in [5.41, 5.74) is 0. The number of nitrogens with zero attached hydrogens (tertiary/aromatic N) is 6. The molecule has 0 spiro atoms. The van der Waals surface area contributed by atoms with Crippen molar-refractivity contribution in [2.75, 3.05) is 26.2 Å². The van der Waals surface area contributed by atoms with Crippen molar-refractivity contribution in [2.45, 2.75) is 294 Å². The van der Waals surface area contributed by atoms with Gasteiger partial charge in [-0.15, -0.1) is 0 Å². The van der Waals surface area contributed by atoms with Gasteiger partial charge in [0.1, 0.15) is 0 Å². The highest BCUT2D eigenvalue weighted by atomic mass is 32.3. The average Bonchev–Trinajstić information content (AvgIpc) is 3.30. The Morgan fingerprint density at radius 2 is 0.500 bits per heavy atom. The van der Waals surface area contributed by atoms with Gasteiger partial charge >= 0.3 is 0 Å². The van der Waals surface area contributed by atoms with Crippen molar-refractivity contribution < 1.29 is 16.8 Å². The molecule has 0 rings (SSSR count). The van der Waals surface area contributed by atoms with E-state index in [9.17, 15) is 0 Å². The molecule has 0 aliphatic heterocycles. The second kappa shape index (κ2) is 47.8. The molecule has 0 aromatic carbocycles. The molecule has 12 heteroatoms. The highest BCUT2D eigenvalue weighted by molar-refractivity contribution is 8.07. The minimum atomic E-state index is -4.18. The molecule has 0 amide bonds. The van der Waals surface area contributed by atoms with Crippen LogP contribution in [-0.4, -0.2) is 56.2 Å². The molecule has 0 aliphatic rings. The van der Waals surface area contributed by atoms with Crippen LogP contribution in [0.25, 0.3) is 0 Å². The Balaban J connectivity index is 6.18. The zero-order valence-corrected chi connectivity index (χ0v) is 44.3. The van der Waals surface area contributed by atoms with Crippen LogP contribution in [-0.2, 0) is 20.0 Å². The fourth-order valence-corrected chi connectivity index (χ4v) is 14.1. The predicted octanol–water partition coefficient (Wildman–Crippen LogP) is 15.9. The monoisotopic (exact) mass is 961 g/mol. The quantitative estimate of drug-likeness (QED) is 0.0542. The molecule has 0 saturated carbocycles. The van der Waals surface area contributed by atoms with Gasteiger partial charge < -0.3 is 0 Å². The summed E-state index contributed by atoms with van der Waals surface area (Å²) < 4.78 is 62.1. The van der Waals surface area contributed by atoms with Gasteiger partial charge in [0.15, 0.2) is 4.58 Å². The first-order chi connectivity index (χ1) is 32.2. The number of nitriles is 4. The van der Waals surface area contributed by atoms with E-state index in [1.54, 1.807) is 8.61 Å². The van der Waals surface area contributed by atoms with Crippen molar-refractivity contribution in [3.63, 3.8) is 0 Å². The molecule has 0 atom stereocenters. The van der Waals surface area contributed by atoms with Crippen molar-refractivity contribution in [3.8, 4) is 24.3 Å². The van der Waals surface area contributed by atoms with Crippen LogP contribution >= 0.6 is 0 Å². The minimum Gasteiger partial charge on any atom is -0.211 e. The molecule has 0 N–H and O–H groups in total. The summed E-state index contributed by atoms with van der Waals surface area (Å²) in [7, 11) is -8.36. The average molecular weight is 962 g/mol. The lowest BCUT2D eigenvalue weighted by Crippen LogP contribution is -2.49. The van der Waals surface area contributed by atoms with Gasteiger partial charge in [-0.3, -0.25) is 0 Å². The van der Waals surface area contributed by atoms with E-state index in [0.29, 0.717) is 58.3 Å². The van der Waals surface area contributed by atoms with Crippen LogP contribution in [0.15, 0.2) is 0 Å². The smallest absolute Gasteiger partial charge is 0.211 e. The third kappa shape index (κ3) is 36.8. The lowest BCUT2D eigenvalue weighted by Gasteiger charge is -2.32. The topological polar surface area (TPSA) is 170 Å². The standard InChI is InChI=1S/C54H100N6O4S2/c1-2-3-4-5-18-27-36-45-54(65(61,62)59(50-41-32-23-14-6-10-19-28-37-46-55)51-42-33-24-15-7-11-20-29-38-47-56)66(63,64)60(52-43-34-25-16-8-12-21-30-39-48-57)53-44-35-26-17-9-13-22-31-40-49-58/h54H,2-45,50-53H2,1H3. The van der Waals surface area contributed by atoms with Gasteiger partial charge in [-0.1, -0.05) is 206 Å². The summed E-state index contributed by atoms with van der Waals surface area (Å²) in [5.74, 6) is 0. The van der Waals surface area contributed by atoms with Crippen molar-refractivity contribution in [3.05, 3.63) is 0 Å². The molecular formula is C54H100N6O4S2. The van der Waals surface area contributed by atoms with Gasteiger partial charge in [0.2, 0.25) is 20.0 Å². The first-order valence-corrected chi connectivity index (χ1v) is 30.7. The highest BCUT2D eigenvalue weighted by Gasteiger charge is 2.43. The maximum Gasteiger partial charge on any atom is 0.232 e. The summed E-state index contributed by atoms with van der Waals surface area (Å²) in [6.45, 7) is 3.64. The lowest BCUT2D eigenvalue weighted by atomic mass is 10.1. The molecule has 0 heterocycles. The molecule has 0 unspecified atom stereocenters. The van der Waals surface area contributed by atoms with Gasteiger partial charge in [-0.05, 0) is 57.8 Å². The number of sulfonamides is 2. The van der Waals surface area contributed by atoms with Crippen molar-refractivity contribution >= 4 is 20.0 Å². The minimum absolute atomic E-state index is 0.140. The van der Waals surface area contributed by atoms with Crippen LogP contribution in [0, 0.1) is 45.3 Å². The van der Waals surface area contributed by atoms with Gasteiger partial charge in [-0.25, -0.2) is 25.4 Å². The SMILES string of the molecule is CCCCCCCCCC(S(=O)(=O)N(CCCCCCCCCCC#N)CCCCCCCCCCC#N)S(=O)(=O)N(CCCCCCCCCCC#N)CCCCCCCCCCC#N. The zero-order chi connectivity index (χ0) is 48.5. The number of rotatable bonds is 52. The second-order valence-corrected chi connectivity index (χ2v) is 23.7. The Hall–Kier alpha value is -2.22. The van der Waals surface area contributed by atoms with E-state index in [-0.39, 0.29) is 6.42 Å². The first kappa shape index (κ1) is 63.8. The molecule has 0 saturated heterocycles. The zero-order valence-electron chi connectivity index (χ0n) is 42.7. The van der Waals surface area contributed by atoms with Crippen LogP contribution < -0.4 is 0 Å². The Morgan fingerprint density at radius 3 is 0.727 bits per heavy atom. The highest BCUT2D eigenvalue weighted by Crippen LogP contribution is 2.28. The molecule has 0 aromatic heterocycles. The van der Waals surface area contributed by atoms with E-state index < -0.39 is 24.6 Å². The maximum absolute atomic E-state index is 15.1. The third-order valence-electron chi connectivity index (χ3n) is 13.2. The summed E-state index contributed by atoms with van der Waals surface area (Å²) in [5, 5.41) is 35.3. The van der Waals surface area contributed by atoms with Crippen LogP contribution in [0.5, 0.6) is 0 Å². The summed E-state index contributed by atoms with van der Waals surface area (Å²) in [4.78, 5) is 0. The Labute approximate surface area is 409 Å². The fraction of sp³-hybridized carbons (Fsp3) is 0.926. The molecule has 0 aromatic rings. The van der Waals surface area contributed by atoms with E-state index >= 15 is 16.8 Å². The van der Waals surface area contributed by atoms with Gasteiger partial charge in [0.05, 0.1) is 24.3 Å². The second-order valence-electron chi connectivity index (χ2n) is 19.2. The Kier molecular flexibility index (Phi) is 46.2. The van der Waals surface area contributed by atoms with Gasteiger partial charge in [0, 0.05) is 51.9 Å². The summed E-state index contributed by atoms with van der Waals surface area (Å²) >= 11 is 0. The van der Waals surface area contributed by atoms with E-state index in [4.69, 9.17) is 21.0 Å². The van der Waals surface area contributed by atoms with Crippen LogP contribution in [0.1, 0.15) is 289 Å². The Bertz CT molecular complexity index is 1310. The van der Waals surface area contributed by atoms with Crippen LogP contribution in [0.4, 0.5) is 0 Å².